The molecule has 0 unspecified atom stereocenters. The quantitative estimate of drug-likeness (QED) is 0.861. The Bertz CT molecular complexity index is 441. The molecule has 0 saturated carbocycles. The fraction of sp³-hybridized carbons (Fsp3) is 0.300. The van der Waals surface area contributed by atoms with E-state index in [-0.39, 0.29) is 0 Å². The summed E-state index contributed by atoms with van der Waals surface area (Å²) in [4.78, 5) is 6.37. The second-order valence-electron chi connectivity index (χ2n) is 3.58. The van der Waals surface area contributed by atoms with Crippen LogP contribution in [0.5, 0.6) is 0 Å². The normalized spacial score (nSPS) is 10.9. The van der Waals surface area contributed by atoms with Crippen LogP contribution < -0.4 is 5.73 Å². The Hall–Kier alpha value is -1.53. The number of hydrogen-bond acceptors (Lipinski definition) is 6. The average molecular weight is 235 g/mol. The molecule has 2 heterocycles. The fourth-order valence-corrected chi connectivity index (χ4v) is 1.84. The first kappa shape index (κ1) is 11.0. The SMILES string of the molecule is CN(Cc1ccccn1)Cc1nnsc1N. The van der Waals surface area contributed by atoms with Crippen molar-refractivity contribution in [2.24, 2.45) is 0 Å². The molecule has 2 aromatic heterocycles. The highest BCUT2D eigenvalue weighted by atomic mass is 32.1. The summed E-state index contributed by atoms with van der Waals surface area (Å²) in [5.74, 6) is 0. The van der Waals surface area contributed by atoms with E-state index in [1.807, 2.05) is 25.2 Å². The smallest absolute Gasteiger partial charge is 0.132 e. The first-order valence-electron chi connectivity index (χ1n) is 4.91. The molecule has 0 radical (unpaired) electrons. The molecule has 16 heavy (non-hydrogen) atoms. The Kier molecular flexibility index (Phi) is 3.43. The van der Waals surface area contributed by atoms with Gasteiger partial charge in [-0.2, -0.15) is 0 Å². The van der Waals surface area contributed by atoms with Gasteiger partial charge in [0.05, 0.1) is 5.69 Å². The topological polar surface area (TPSA) is 67.9 Å². The van der Waals surface area contributed by atoms with Gasteiger partial charge >= 0.3 is 0 Å². The summed E-state index contributed by atoms with van der Waals surface area (Å²) < 4.78 is 3.81. The van der Waals surface area contributed by atoms with Crippen molar-refractivity contribution in [3.05, 3.63) is 35.8 Å². The van der Waals surface area contributed by atoms with Crippen molar-refractivity contribution >= 4 is 16.5 Å². The van der Waals surface area contributed by atoms with E-state index < -0.39 is 0 Å². The van der Waals surface area contributed by atoms with Crippen LogP contribution in [-0.4, -0.2) is 26.5 Å². The Morgan fingerprint density at radius 2 is 2.25 bits per heavy atom. The molecule has 0 aliphatic rings. The van der Waals surface area contributed by atoms with Gasteiger partial charge in [0.15, 0.2) is 0 Å². The monoisotopic (exact) mass is 235 g/mol. The van der Waals surface area contributed by atoms with Gasteiger partial charge in [-0.15, -0.1) is 5.10 Å². The highest BCUT2D eigenvalue weighted by molar-refractivity contribution is 7.09. The third kappa shape index (κ3) is 2.74. The molecule has 0 fully saturated rings. The number of anilines is 1. The highest BCUT2D eigenvalue weighted by Gasteiger charge is 2.08. The van der Waals surface area contributed by atoms with Gasteiger partial charge in [0.1, 0.15) is 10.7 Å². The molecule has 0 aliphatic carbocycles. The summed E-state index contributed by atoms with van der Waals surface area (Å²) in [5, 5.41) is 4.67. The molecule has 0 aliphatic heterocycles. The minimum atomic E-state index is 0.688. The van der Waals surface area contributed by atoms with E-state index in [1.165, 1.54) is 11.5 Å². The lowest BCUT2D eigenvalue weighted by Gasteiger charge is -2.14. The molecule has 2 N–H and O–H groups in total. The average Bonchev–Trinajstić information content (AvgIpc) is 2.66. The van der Waals surface area contributed by atoms with Crippen molar-refractivity contribution < 1.29 is 0 Å². The molecule has 2 aromatic rings. The predicted molar refractivity (Wildman–Crippen MR) is 63.7 cm³/mol. The lowest BCUT2D eigenvalue weighted by molar-refractivity contribution is 0.311. The number of nitrogens with two attached hydrogens (primary N) is 1. The van der Waals surface area contributed by atoms with Gasteiger partial charge in [-0.05, 0) is 19.2 Å². The molecule has 5 nitrogen and oxygen atoms in total. The van der Waals surface area contributed by atoms with Crippen molar-refractivity contribution in [1.82, 2.24) is 19.5 Å². The summed E-state index contributed by atoms with van der Waals surface area (Å²) in [6.45, 7) is 1.47. The van der Waals surface area contributed by atoms with Gasteiger partial charge in [0.2, 0.25) is 0 Å². The number of nitrogens with zero attached hydrogens (tertiary/aromatic N) is 4. The standard InChI is InChI=1S/C10H13N5S/c1-15(6-8-4-2-3-5-12-8)7-9-10(11)16-14-13-9/h2-5H,6-7,11H2,1H3. The van der Waals surface area contributed by atoms with Crippen molar-refractivity contribution in [2.75, 3.05) is 12.8 Å². The van der Waals surface area contributed by atoms with E-state index in [1.54, 1.807) is 6.20 Å². The summed E-state index contributed by atoms with van der Waals surface area (Å²) in [6.07, 6.45) is 1.79. The maximum absolute atomic E-state index is 5.73. The zero-order valence-corrected chi connectivity index (χ0v) is 9.81. The van der Waals surface area contributed by atoms with Crippen LogP contribution in [0.2, 0.25) is 0 Å². The summed E-state index contributed by atoms with van der Waals surface area (Å²) in [6, 6.07) is 5.89. The maximum Gasteiger partial charge on any atom is 0.132 e. The predicted octanol–water partition coefficient (Wildman–Crippen LogP) is 1.15. The van der Waals surface area contributed by atoms with Gasteiger partial charge < -0.3 is 5.73 Å². The maximum atomic E-state index is 5.73. The second kappa shape index (κ2) is 5.00. The molecule has 0 saturated heterocycles. The molecular weight excluding hydrogens is 222 g/mol. The van der Waals surface area contributed by atoms with Crippen molar-refractivity contribution in [3.8, 4) is 0 Å². The number of pyridine rings is 1. The number of aromatic nitrogens is 3. The number of rotatable bonds is 4. The second-order valence-corrected chi connectivity index (χ2v) is 4.36. The lowest BCUT2D eigenvalue weighted by atomic mass is 10.3. The fourth-order valence-electron chi connectivity index (χ4n) is 1.40. The van der Waals surface area contributed by atoms with Crippen LogP contribution >= 0.6 is 11.5 Å². The largest absolute Gasteiger partial charge is 0.388 e. The van der Waals surface area contributed by atoms with Crippen molar-refractivity contribution in [3.63, 3.8) is 0 Å². The molecule has 2 rings (SSSR count). The van der Waals surface area contributed by atoms with E-state index in [0.717, 1.165) is 17.9 Å². The van der Waals surface area contributed by atoms with Crippen LogP contribution in [0.1, 0.15) is 11.4 Å². The van der Waals surface area contributed by atoms with Gasteiger partial charge in [0.25, 0.3) is 0 Å². The summed E-state index contributed by atoms with van der Waals surface area (Å²) in [7, 11) is 2.01. The molecule has 0 spiro atoms. The molecule has 84 valence electrons. The van der Waals surface area contributed by atoms with Gasteiger partial charge in [-0.1, -0.05) is 10.6 Å². The van der Waals surface area contributed by atoms with E-state index in [4.69, 9.17) is 5.73 Å². The van der Waals surface area contributed by atoms with Crippen LogP contribution in [0.4, 0.5) is 5.00 Å². The van der Waals surface area contributed by atoms with Crippen LogP contribution in [-0.2, 0) is 13.1 Å². The minimum absolute atomic E-state index is 0.688. The first-order chi connectivity index (χ1) is 7.75. The molecule has 0 atom stereocenters. The van der Waals surface area contributed by atoms with Crippen molar-refractivity contribution in [1.29, 1.82) is 0 Å². The molecule has 0 bridgehead atoms. The van der Waals surface area contributed by atoms with E-state index in [0.29, 0.717) is 11.5 Å². The number of hydrogen-bond donors (Lipinski definition) is 1. The van der Waals surface area contributed by atoms with Crippen molar-refractivity contribution in [2.45, 2.75) is 13.1 Å². The Labute approximate surface area is 98.1 Å². The van der Waals surface area contributed by atoms with Gasteiger partial charge in [0, 0.05) is 30.8 Å². The van der Waals surface area contributed by atoms with Gasteiger partial charge in [-0.25, -0.2) is 0 Å². The molecule has 0 aromatic carbocycles. The zero-order valence-electron chi connectivity index (χ0n) is 9.00. The molecule has 0 amide bonds. The minimum Gasteiger partial charge on any atom is -0.388 e. The summed E-state index contributed by atoms with van der Waals surface area (Å²) in [5.41, 5.74) is 7.60. The van der Waals surface area contributed by atoms with E-state index in [9.17, 15) is 0 Å². The molecule has 6 heteroatoms. The Morgan fingerprint density at radius 3 is 2.88 bits per heavy atom. The van der Waals surface area contributed by atoms with Crippen LogP contribution in [0.3, 0.4) is 0 Å². The third-order valence-electron chi connectivity index (χ3n) is 2.16. The van der Waals surface area contributed by atoms with Crippen LogP contribution in [0.15, 0.2) is 24.4 Å². The first-order valence-corrected chi connectivity index (χ1v) is 5.68. The van der Waals surface area contributed by atoms with Crippen LogP contribution in [0, 0.1) is 0 Å². The van der Waals surface area contributed by atoms with Gasteiger partial charge in [-0.3, -0.25) is 9.88 Å². The zero-order chi connectivity index (χ0) is 11.4. The Morgan fingerprint density at radius 1 is 1.38 bits per heavy atom. The number of nitrogen functional groups attached to an aromatic ring is 1. The van der Waals surface area contributed by atoms with E-state index >= 15 is 0 Å². The molecular formula is C10H13N5S. The van der Waals surface area contributed by atoms with E-state index in [2.05, 4.69) is 19.5 Å². The Balaban J connectivity index is 1.95. The summed E-state index contributed by atoms with van der Waals surface area (Å²) >= 11 is 1.23. The lowest BCUT2D eigenvalue weighted by Crippen LogP contribution is -2.18. The third-order valence-corrected chi connectivity index (χ3v) is 2.76. The highest BCUT2D eigenvalue weighted by Crippen LogP contribution is 2.14. The van der Waals surface area contributed by atoms with Crippen LogP contribution in [0.25, 0.3) is 0 Å².